The molecule has 1 aromatic rings. The van der Waals surface area contributed by atoms with Gasteiger partial charge in [0.15, 0.2) is 0 Å². The summed E-state index contributed by atoms with van der Waals surface area (Å²) in [7, 11) is 0. The van der Waals surface area contributed by atoms with Gasteiger partial charge in [0.05, 0.1) is 5.69 Å². The van der Waals surface area contributed by atoms with E-state index in [9.17, 15) is 4.79 Å². The molecule has 3 aliphatic rings. The van der Waals surface area contributed by atoms with Gasteiger partial charge < -0.3 is 15.1 Å². The summed E-state index contributed by atoms with van der Waals surface area (Å²) in [6.07, 6.45) is 7.81. The number of rotatable bonds is 5. The summed E-state index contributed by atoms with van der Waals surface area (Å²) in [4.78, 5) is 25.7. The SMILES string of the molecule is Cc1nc([C@H]2CCCNC2)cc(N2CCC(CCN3CCCC3=O)CC2)n1. The summed E-state index contributed by atoms with van der Waals surface area (Å²) in [6, 6.07) is 2.23. The molecule has 1 N–H and O–H groups in total. The first-order valence-electron chi connectivity index (χ1n) is 10.8. The predicted molar refractivity (Wildman–Crippen MR) is 107 cm³/mol. The van der Waals surface area contributed by atoms with Crippen LogP contribution in [0.2, 0.25) is 0 Å². The molecule has 148 valence electrons. The van der Waals surface area contributed by atoms with E-state index in [1.165, 1.54) is 31.4 Å². The zero-order chi connectivity index (χ0) is 18.6. The highest BCUT2D eigenvalue weighted by atomic mass is 16.2. The lowest BCUT2D eigenvalue weighted by molar-refractivity contribution is -0.127. The molecule has 4 rings (SSSR count). The Balaban J connectivity index is 1.32. The van der Waals surface area contributed by atoms with Crippen LogP contribution in [0.15, 0.2) is 6.07 Å². The molecular weight excluding hydrogens is 338 g/mol. The molecule has 1 aromatic heterocycles. The third kappa shape index (κ3) is 4.60. The molecule has 3 saturated heterocycles. The number of anilines is 1. The van der Waals surface area contributed by atoms with E-state index in [1.54, 1.807) is 0 Å². The van der Waals surface area contributed by atoms with E-state index in [2.05, 4.69) is 21.2 Å². The summed E-state index contributed by atoms with van der Waals surface area (Å²) < 4.78 is 0. The summed E-state index contributed by atoms with van der Waals surface area (Å²) in [5, 5.41) is 3.50. The Morgan fingerprint density at radius 2 is 2.00 bits per heavy atom. The van der Waals surface area contributed by atoms with Crippen LogP contribution >= 0.6 is 0 Å². The second-order valence-electron chi connectivity index (χ2n) is 8.44. The van der Waals surface area contributed by atoms with E-state index in [1.807, 2.05) is 6.92 Å². The lowest BCUT2D eigenvalue weighted by Crippen LogP contribution is -2.36. The fraction of sp³-hybridized carbons (Fsp3) is 0.762. The standard InChI is InChI=1S/C21H33N5O/c1-16-23-19(18-4-2-9-22-15-18)14-20(24-16)25-11-6-17(7-12-25)8-13-26-10-3-5-21(26)27/h14,17-18,22H,2-13,15H2,1H3/t18-/m0/s1. The van der Waals surface area contributed by atoms with Gasteiger partial charge in [0.2, 0.25) is 5.91 Å². The minimum Gasteiger partial charge on any atom is -0.356 e. The second kappa shape index (κ2) is 8.55. The third-order valence-electron chi connectivity index (χ3n) is 6.48. The molecule has 6 heteroatoms. The first-order chi connectivity index (χ1) is 13.2. The molecule has 0 saturated carbocycles. The lowest BCUT2D eigenvalue weighted by Gasteiger charge is -2.34. The fourth-order valence-corrected chi connectivity index (χ4v) is 4.78. The molecule has 0 radical (unpaired) electrons. The van der Waals surface area contributed by atoms with Gasteiger partial charge in [-0.05, 0) is 57.9 Å². The van der Waals surface area contributed by atoms with Crippen molar-refractivity contribution in [3.8, 4) is 0 Å². The molecule has 0 spiro atoms. The van der Waals surface area contributed by atoms with Gasteiger partial charge in [-0.15, -0.1) is 0 Å². The van der Waals surface area contributed by atoms with Gasteiger partial charge in [-0.2, -0.15) is 0 Å². The number of carbonyl (C=O) groups excluding carboxylic acids is 1. The Morgan fingerprint density at radius 3 is 2.70 bits per heavy atom. The largest absolute Gasteiger partial charge is 0.356 e. The van der Waals surface area contributed by atoms with Crippen molar-refractivity contribution in [3.63, 3.8) is 0 Å². The van der Waals surface area contributed by atoms with Gasteiger partial charge in [-0.25, -0.2) is 9.97 Å². The van der Waals surface area contributed by atoms with Crippen molar-refractivity contribution in [2.45, 2.75) is 57.8 Å². The number of hydrogen-bond acceptors (Lipinski definition) is 5. The van der Waals surface area contributed by atoms with Gasteiger partial charge in [-0.3, -0.25) is 4.79 Å². The smallest absolute Gasteiger partial charge is 0.222 e. The Bertz CT molecular complexity index is 650. The number of piperidine rings is 2. The van der Waals surface area contributed by atoms with Crippen molar-refractivity contribution in [2.75, 3.05) is 44.2 Å². The summed E-state index contributed by atoms with van der Waals surface area (Å²) in [5.74, 6) is 3.61. The zero-order valence-electron chi connectivity index (χ0n) is 16.6. The Kier molecular flexibility index (Phi) is 5.91. The third-order valence-corrected chi connectivity index (χ3v) is 6.48. The van der Waals surface area contributed by atoms with Crippen LogP contribution in [0.4, 0.5) is 5.82 Å². The minimum atomic E-state index is 0.355. The van der Waals surface area contributed by atoms with Crippen molar-refractivity contribution < 1.29 is 4.79 Å². The van der Waals surface area contributed by atoms with E-state index in [0.29, 0.717) is 11.8 Å². The number of nitrogens with one attached hydrogen (secondary N) is 1. The molecule has 0 aromatic carbocycles. The van der Waals surface area contributed by atoms with Crippen molar-refractivity contribution in [1.82, 2.24) is 20.2 Å². The molecule has 0 unspecified atom stereocenters. The molecule has 1 amide bonds. The van der Waals surface area contributed by atoms with Crippen LogP contribution in [0.25, 0.3) is 0 Å². The maximum Gasteiger partial charge on any atom is 0.222 e. The number of nitrogens with zero attached hydrogens (tertiary/aromatic N) is 4. The quantitative estimate of drug-likeness (QED) is 0.862. The maximum absolute atomic E-state index is 11.8. The monoisotopic (exact) mass is 371 g/mol. The predicted octanol–water partition coefficient (Wildman–Crippen LogP) is 2.48. The van der Waals surface area contributed by atoms with Crippen molar-refractivity contribution >= 4 is 11.7 Å². The highest BCUT2D eigenvalue weighted by molar-refractivity contribution is 5.77. The molecule has 0 aliphatic carbocycles. The van der Waals surface area contributed by atoms with Crippen LogP contribution in [0.3, 0.4) is 0 Å². The van der Waals surface area contributed by atoms with E-state index < -0.39 is 0 Å². The second-order valence-corrected chi connectivity index (χ2v) is 8.44. The van der Waals surface area contributed by atoms with Crippen LogP contribution in [0.5, 0.6) is 0 Å². The molecule has 6 nitrogen and oxygen atoms in total. The summed E-state index contributed by atoms with van der Waals surface area (Å²) in [6.45, 7) is 8.24. The molecule has 0 bridgehead atoms. The highest BCUT2D eigenvalue weighted by Crippen LogP contribution is 2.28. The van der Waals surface area contributed by atoms with Crippen LogP contribution in [0, 0.1) is 12.8 Å². The maximum atomic E-state index is 11.8. The zero-order valence-corrected chi connectivity index (χ0v) is 16.6. The Hall–Kier alpha value is -1.69. The number of carbonyl (C=O) groups is 1. The molecule has 3 aliphatic heterocycles. The minimum absolute atomic E-state index is 0.355. The van der Waals surface area contributed by atoms with Gasteiger partial charge in [0.1, 0.15) is 11.6 Å². The lowest BCUT2D eigenvalue weighted by atomic mass is 9.93. The van der Waals surface area contributed by atoms with Crippen LogP contribution in [-0.4, -0.2) is 60.0 Å². The molecule has 1 atom stereocenters. The van der Waals surface area contributed by atoms with Crippen LogP contribution in [-0.2, 0) is 4.79 Å². The van der Waals surface area contributed by atoms with E-state index in [0.717, 1.165) is 76.1 Å². The van der Waals surface area contributed by atoms with Gasteiger partial charge in [0, 0.05) is 51.1 Å². The fourth-order valence-electron chi connectivity index (χ4n) is 4.78. The van der Waals surface area contributed by atoms with E-state index in [4.69, 9.17) is 9.97 Å². The first kappa shape index (κ1) is 18.7. The first-order valence-corrected chi connectivity index (χ1v) is 10.8. The Labute approximate surface area is 162 Å². The van der Waals surface area contributed by atoms with E-state index in [-0.39, 0.29) is 0 Å². The van der Waals surface area contributed by atoms with Gasteiger partial charge in [0.25, 0.3) is 0 Å². The number of aromatic nitrogens is 2. The van der Waals surface area contributed by atoms with Gasteiger partial charge >= 0.3 is 0 Å². The topological polar surface area (TPSA) is 61.4 Å². The molecule has 4 heterocycles. The number of aryl methyl sites for hydroxylation is 1. The number of likely N-dealkylation sites (tertiary alicyclic amines) is 1. The average molecular weight is 372 g/mol. The normalized spacial score (nSPS) is 24.6. The van der Waals surface area contributed by atoms with Crippen molar-refractivity contribution in [1.29, 1.82) is 0 Å². The van der Waals surface area contributed by atoms with Crippen molar-refractivity contribution in [2.24, 2.45) is 5.92 Å². The average Bonchev–Trinajstić information content (AvgIpc) is 3.12. The molecule has 3 fully saturated rings. The van der Waals surface area contributed by atoms with Crippen molar-refractivity contribution in [3.05, 3.63) is 17.6 Å². The number of hydrogen-bond donors (Lipinski definition) is 1. The molecule has 27 heavy (non-hydrogen) atoms. The van der Waals surface area contributed by atoms with E-state index >= 15 is 0 Å². The Morgan fingerprint density at radius 1 is 1.15 bits per heavy atom. The summed E-state index contributed by atoms with van der Waals surface area (Å²) >= 11 is 0. The number of amides is 1. The highest BCUT2D eigenvalue weighted by Gasteiger charge is 2.25. The van der Waals surface area contributed by atoms with Crippen LogP contribution in [0.1, 0.15) is 62.4 Å². The van der Waals surface area contributed by atoms with Crippen LogP contribution < -0.4 is 10.2 Å². The summed E-state index contributed by atoms with van der Waals surface area (Å²) in [5.41, 5.74) is 1.21. The molecular formula is C21H33N5O. The van der Waals surface area contributed by atoms with Gasteiger partial charge in [-0.1, -0.05) is 0 Å².